The Balaban J connectivity index is 1.78. The Kier molecular flexibility index (Phi) is 6.23. The van der Waals surface area contributed by atoms with Crippen LogP contribution in [0.15, 0.2) is 48.5 Å². The molecule has 1 unspecified atom stereocenters. The first-order chi connectivity index (χ1) is 13.3. The lowest BCUT2D eigenvalue weighted by molar-refractivity contribution is -0.125. The van der Waals surface area contributed by atoms with Gasteiger partial charge in [-0.05, 0) is 37.3 Å². The van der Waals surface area contributed by atoms with Crippen LogP contribution in [0, 0.1) is 0 Å². The molecule has 0 bridgehead atoms. The maximum absolute atomic E-state index is 12.6. The zero-order valence-corrected chi connectivity index (χ0v) is 17.1. The molecule has 0 aromatic heterocycles. The molecule has 2 aromatic carbocycles. The van der Waals surface area contributed by atoms with Gasteiger partial charge in [0.15, 0.2) is 6.10 Å². The summed E-state index contributed by atoms with van der Waals surface area (Å²) in [6.07, 6.45) is -0.633. The van der Waals surface area contributed by atoms with E-state index >= 15 is 0 Å². The van der Waals surface area contributed by atoms with E-state index in [1.54, 1.807) is 30.0 Å². The summed E-state index contributed by atoms with van der Waals surface area (Å²) in [5.74, 6) is 0.209. The molecule has 2 aromatic rings. The summed E-state index contributed by atoms with van der Waals surface area (Å²) in [7, 11) is 0. The molecule has 0 saturated carbocycles. The number of hydrogen-bond acceptors (Lipinski definition) is 4. The minimum Gasteiger partial charge on any atom is -0.492 e. The van der Waals surface area contributed by atoms with Crippen molar-refractivity contribution in [3.05, 3.63) is 48.5 Å². The van der Waals surface area contributed by atoms with Gasteiger partial charge in [0.25, 0.3) is 15.6 Å². The first-order valence-corrected chi connectivity index (χ1v) is 9.57. The Morgan fingerprint density at radius 2 is 1.93 bits per heavy atom. The number of amides is 2. The fraction of sp³-hybridized carbons (Fsp3) is 0.263. The van der Waals surface area contributed by atoms with E-state index in [2.05, 4.69) is 5.32 Å². The summed E-state index contributed by atoms with van der Waals surface area (Å²) in [4.78, 5) is 26.1. The summed E-state index contributed by atoms with van der Waals surface area (Å²) in [6, 6.07) is 14.1. The molecule has 6 nitrogen and oxygen atoms in total. The van der Waals surface area contributed by atoms with Crippen molar-refractivity contribution in [2.75, 3.05) is 23.4 Å². The monoisotopic (exact) mass is 442 g/mol. The molecule has 1 atom stereocenters. The number of alkyl halides is 3. The Hall–Kier alpha value is -2.15. The summed E-state index contributed by atoms with van der Waals surface area (Å²) < 4.78 is 9.24. The van der Waals surface area contributed by atoms with E-state index in [1.807, 2.05) is 30.3 Å². The lowest BCUT2D eigenvalue weighted by atomic mass is 10.1. The van der Waals surface area contributed by atoms with E-state index < -0.39 is 15.8 Å². The Labute approximate surface area is 177 Å². The van der Waals surface area contributed by atoms with E-state index in [9.17, 15) is 9.59 Å². The highest BCUT2D eigenvalue weighted by Gasteiger charge is 2.33. The van der Waals surface area contributed by atoms with Crippen LogP contribution >= 0.6 is 34.8 Å². The van der Waals surface area contributed by atoms with Crippen LogP contribution in [0.1, 0.15) is 6.92 Å². The van der Waals surface area contributed by atoms with E-state index in [4.69, 9.17) is 44.3 Å². The number of benzene rings is 2. The van der Waals surface area contributed by atoms with Crippen LogP contribution in [0.25, 0.3) is 0 Å². The molecule has 3 rings (SSSR count). The maximum Gasteiger partial charge on any atom is 0.276 e. The quantitative estimate of drug-likeness (QED) is 0.704. The lowest BCUT2D eigenvalue weighted by Gasteiger charge is -2.33. The van der Waals surface area contributed by atoms with Gasteiger partial charge in [-0.2, -0.15) is 0 Å². The zero-order chi connectivity index (χ0) is 20.3. The predicted molar refractivity (Wildman–Crippen MR) is 110 cm³/mol. The average Bonchev–Trinajstić information content (AvgIpc) is 2.65. The highest BCUT2D eigenvalue weighted by Crippen LogP contribution is 2.37. The number of para-hydroxylation sites is 1. The smallest absolute Gasteiger partial charge is 0.276 e. The van der Waals surface area contributed by atoms with Gasteiger partial charge in [-0.15, -0.1) is 0 Å². The van der Waals surface area contributed by atoms with E-state index in [-0.39, 0.29) is 12.5 Å². The molecule has 2 amide bonds. The summed E-state index contributed by atoms with van der Waals surface area (Å²) in [5.41, 5.74) is 0.872. The molecule has 0 aliphatic carbocycles. The topological polar surface area (TPSA) is 67.9 Å². The second kappa shape index (κ2) is 8.47. The molecular formula is C19H17Cl3N2O4. The maximum atomic E-state index is 12.6. The van der Waals surface area contributed by atoms with Crippen LogP contribution in [0.2, 0.25) is 0 Å². The molecule has 148 valence electrons. The molecule has 0 spiro atoms. The summed E-state index contributed by atoms with van der Waals surface area (Å²) >= 11 is 16.8. The molecule has 0 radical (unpaired) electrons. The number of hydrogen-bond donors (Lipinski definition) is 1. The standard InChI is InChI=1S/C19H17Cl3N2O4/c1-12-17(25)24(9-10-27-14-5-3-2-4-6-14)15-11-13(7-8-16(15)28-12)23-18(26)19(20,21)22/h2-8,11-12H,9-10H2,1H3,(H,23,26). The number of anilines is 2. The van der Waals surface area contributed by atoms with E-state index in [1.165, 1.54) is 0 Å². The molecule has 1 heterocycles. The summed E-state index contributed by atoms with van der Waals surface area (Å²) in [5, 5.41) is 2.50. The van der Waals surface area contributed by atoms with Gasteiger partial charge >= 0.3 is 0 Å². The Morgan fingerprint density at radius 3 is 2.61 bits per heavy atom. The minimum absolute atomic E-state index is 0.214. The van der Waals surface area contributed by atoms with Gasteiger partial charge in [-0.3, -0.25) is 9.59 Å². The number of halogens is 3. The van der Waals surface area contributed by atoms with Crippen LogP contribution in [0.3, 0.4) is 0 Å². The average molecular weight is 444 g/mol. The van der Waals surface area contributed by atoms with Crippen LogP contribution in [0.5, 0.6) is 11.5 Å². The minimum atomic E-state index is -2.10. The van der Waals surface area contributed by atoms with Gasteiger partial charge in [0.2, 0.25) is 0 Å². The van der Waals surface area contributed by atoms with Gasteiger partial charge in [0, 0.05) is 5.69 Å². The van der Waals surface area contributed by atoms with Gasteiger partial charge in [-0.1, -0.05) is 53.0 Å². The molecule has 0 saturated heterocycles. The van der Waals surface area contributed by atoms with Gasteiger partial charge in [-0.25, -0.2) is 0 Å². The van der Waals surface area contributed by atoms with Crippen molar-refractivity contribution in [2.24, 2.45) is 0 Å². The van der Waals surface area contributed by atoms with Gasteiger partial charge in [0.05, 0.1) is 12.2 Å². The number of fused-ring (bicyclic) bond motifs is 1. The third-order valence-corrected chi connectivity index (χ3v) is 4.52. The van der Waals surface area contributed by atoms with Crippen molar-refractivity contribution in [2.45, 2.75) is 16.8 Å². The number of nitrogens with zero attached hydrogens (tertiary/aromatic N) is 1. The molecule has 0 fully saturated rings. The second-order valence-electron chi connectivity index (χ2n) is 6.05. The molecule has 1 aliphatic heterocycles. The van der Waals surface area contributed by atoms with Crippen molar-refractivity contribution in [3.8, 4) is 11.5 Å². The third kappa shape index (κ3) is 4.82. The van der Waals surface area contributed by atoms with Crippen molar-refractivity contribution >= 4 is 58.0 Å². The van der Waals surface area contributed by atoms with Gasteiger partial charge < -0.3 is 19.7 Å². The lowest BCUT2D eigenvalue weighted by Crippen LogP contribution is -2.46. The van der Waals surface area contributed by atoms with Gasteiger partial charge in [0.1, 0.15) is 18.1 Å². The molecule has 9 heteroatoms. The van der Waals surface area contributed by atoms with Crippen molar-refractivity contribution in [1.29, 1.82) is 0 Å². The van der Waals surface area contributed by atoms with Crippen LogP contribution in [-0.2, 0) is 9.59 Å². The summed E-state index contributed by atoms with van der Waals surface area (Å²) in [6.45, 7) is 2.26. The first-order valence-electron chi connectivity index (χ1n) is 8.44. The molecule has 28 heavy (non-hydrogen) atoms. The van der Waals surface area contributed by atoms with E-state index in [0.717, 1.165) is 0 Å². The highest BCUT2D eigenvalue weighted by atomic mass is 35.6. The second-order valence-corrected chi connectivity index (χ2v) is 8.33. The van der Waals surface area contributed by atoms with Crippen molar-refractivity contribution < 1.29 is 19.1 Å². The number of carbonyl (C=O) groups excluding carboxylic acids is 2. The van der Waals surface area contributed by atoms with Crippen molar-refractivity contribution in [3.63, 3.8) is 0 Å². The van der Waals surface area contributed by atoms with E-state index in [0.29, 0.717) is 29.4 Å². The Morgan fingerprint density at radius 1 is 1.21 bits per heavy atom. The van der Waals surface area contributed by atoms with Crippen LogP contribution in [0.4, 0.5) is 11.4 Å². The predicted octanol–water partition coefficient (Wildman–Crippen LogP) is 4.19. The van der Waals surface area contributed by atoms with Crippen molar-refractivity contribution in [1.82, 2.24) is 0 Å². The molecular weight excluding hydrogens is 427 g/mol. The number of carbonyl (C=O) groups is 2. The van der Waals surface area contributed by atoms with Crippen LogP contribution < -0.4 is 19.7 Å². The first kappa shape index (κ1) is 20.6. The fourth-order valence-corrected chi connectivity index (χ4v) is 2.83. The molecule has 1 aliphatic rings. The SMILES string of the molecule is CC1Oc2ccc(NC(=O)C(Cl)(Cl)Cl)cc2N(CCOc2ccccc2)C1=O. The largest absolute Gasteiger partial charge is 0.492 e. The normalized spacial score (nSPS) is 16.2. The fourth-order valence-electron chi connectivity index (χ4n) is 2.69. The third-order valence-electron chi connectivity index (χ3n) is 4.01. The number of ether oxygens (including phenoxy) is 2. The number of nitrogens with one attached hydrogen (secondary N) is 1. The highest BCUT2D eigenvalue weighted by molar-refractivity contribution is 6.76. The number of rotatable bonds is 5. The zero-order valence-electron chi connectivity index (χ0n) is 14.8. The Bertz CT molecular complexity index is 871. The van der Waals surface area contributed by atoms with Crippen LogP contribution in [-0.4, -0.2) is 34.9 Å². The molecule has 1 N–H and O–H groups in total.